The average molecular weight is 244 g/mol. The van der Waals surface area contributed by atoms with Crippen molar-refractivity contribution in [3.8, 4) is 0 Å². The molecule has 4 heteroatoms. The van der Waals surface area contributed by atoms with E-state index in [1.54, 1.807) is 6.92 Å². The summed E-state index contributed by atoms with van der Waals surface area (Å²) in [6.07, 6.45) is 0.649. The molecule has 0 aliphatic carbocycles. The third kappa shape index (κ3) is 3.42. The quantitative estimate of drug-likeness (QED) is 0.712. The Hall–Kier alpha value is -0.610. The van der Waals surface area contributed by atoms with Crippen LogP contribution in [-0.2, 0) is 19.0 Å². The van der Waals surface area contributed by atoms with E-state index < -0.39 is 5.79 Å². The highest BCUT2D eigenvalue weighted by molar-refractivity contribution is 5.73. The largest absolute Gasteiger partial charge is 0.466 e. The number of hydrogen-bond donors (Lipinski definition) is 0. The molecule has 0 amide bonds. The van der Waals surface area contributed by atoms with Gasteiger partial charge in [0.25, 0.3) is 0 Å². The van der Waals surface area contributed by atoms with Crippen molar-refractivity contribution in [3.63, 3.8) is 0 Å². The Kier molecular flexibility index (Phi) is 4.55. The van der Waals surface area contributed by atoms with Crippen LogP contribution >= 0.6 is 0 Å². The number of carbonyl (C=O) groups excluding carboxylic acids is 1. The van der Waals surface area contributed by atoms with E-state index in [9.17, 15) is 4.79 Å². The first-order chi connectivity index (χ1) is 7.84. The third-order valence-corrected chi connectivity index (χ3v) is 3.11. The Morgan fingerprint density at radius 2 is 1.76 bits per heavy atom. The summed E-state index contributed by atoms with van der Waals surface area (Å²) in [4.78, 5) is 11.9. The van der Waals surface area contributed by atoms with E-state index in [1.165, 1.54) is 0 Å². The fraction of sp³-hybridized carbons (Fsp3) is 0.923. The highest BCUT2D eigenvalue weighted by atomic mass is 16.7. The van der Waals surface area contributed by atoms with Crippen molar-refractivity contribution in [1.29, 1.82) is 0 Å². The van der Waals surface area contributed by atoms with Crippen LogP contribution in [-0.4, -0.2) is 31.6 Å². The molecule has 0 bridgehead atoms. The Morgan fingerprint density at radius 1 is 1.24 bits per heavy atom. The summed E-state index contributed by atoms with van der Waals surface area (Å²) in [5.74, 6) is -1.45. The summed E-state index contributed by atoms with van der Waals surface area (Å²) in [5, 5.41) is 0. The van der Waals surface area contributed by atoms with Crippen LogP contribution in [0.2, 0.25) is 0 Å². The van der Waals surface area contributed by atoms with Crippen molar-refractivity contribution >= 4 is 5.97 Å². The standard InChI is InChI=1S/C13H24O4/c1-6-10(11(14)15-7-2)13(5)16-8-12(3,4)9-17-13/h10H,6-9H2,1-5H3. The van der Waals surface area contributed by atoms with E-state index in [2.05, 4.69) is 13.8 Å². The van der Waals surface area contributed by atoms with Gasteiger partial charge in [0.15, 0.2) is 5.79 Å². The lowest BCUT2D eigenvalue weighted by Gasteiger charge is -2.44. The number of hydrogen-bond acceptors (Lipinski definition) is 4. The summed E-state index contributed by atoms with van der Waals surface area (Å²) >= 11 is 0. The van der Waals surface area contributed by atoms with Crippen molar-refractivity contribution in [2.45, 2.75) is 46.8 Å². The molecule has 4 nitrogen and oxygen atoms in total. The van der Waals surface area contributed by atoms with Crippen LogP contribution in [0.25, 0.3) is 0 Å². The summed E-state index contributed by atoms with van der Waals surface area (Å²) in [6, 6.07) is 0. The van der Waals surface area contributed by atoms with Gasteiger partial charge in [0.05, 0.1) is 19.8 Å². The first kappa shape index (κ1) is 14.5. The molecule has 1 rings (SSSR count). The van der Waals surface area contributed by atoms with Crippen molar-refractivity contribution in [2.24, 2.45) is 11.3 Å². The maximum absolute atomic E-state index is 11.9. The minimum atomic E-state index is -0.851. The number of carbonyl (C=O) groups is 1. The zero-order valence-corrected chi connectivity index (χ0v) is 11.5. The fourth-order valence-electron chi connectivity index (χ4n) is 1.96. The van der Waals surface area contributed by atoms with E-state index in [0.717, 1.165) is 0 Å². The van der Waals surface area contributed by atoms with E-state index >= 15 is 0 Å². The van der Waals surface area contributed by atoms with Crippen LogP contribution in [0.4, 0.5) is 0 Å². The van der Waals surface area contributed by atoms with Gasteiger partial charge in [-0.05, 0) is 20.3 Å². The van der Waals surface area contributed by atoms with Crippen molar-refractivity contribution in [1.82, 2.24) is 0 Å². The second-order valence-electron chi connectivity index (χ2n) is 5.47. The second-order valence-corrected chi connectivity index (χ2v) is 5.47. The van der Waals surface area contributed by atoms with Crippen molar-refractivity contribution in [3.05, 3.63) is 0 Å². The second kappa shape index (κ2) is 5.36. The summed E-state index contributed by atoms with van der Waals surface area (Å²) in [5.41, 5.74) is 0.00641. The van der Waals surface area contributed by atoms with Crippen LogP contribution in [0, 0.1) is 11.3 Å². The van der Waals surface area contributed by atoms with Gasteiger partial charge in [-0.1, -0.05) is 20.8 Å². The number of rotatable bonds is 4. The molecule has 1 heterocycles. The molecule has 100 valence electrons. The maximum atomic E-state index is 11.9. The highest BCUT2D eigenvalue weighted by Crippen LogP contribution is 2.35. The van der Waals surface area contributed by atoms with Gasteiger partial charge in [0.2, 0.25) is 0 Å². The van der Waals surface area contributed by atoms with E-state index in [1.807, 2.05) is 13.8 Å². The average Bonchev–Trinajstić information content (AvgIpc) is 2.25. The number of ether oxygens (including phenoxy) is 3. The van der Waals surface area contributed by atoms with Crippen LogP contribution in [0.1, 0.15) is 41.0 Å². The van der Waals surface area contributed by atoms with E-state index in [-0.39, 0.29) is 17.3 Å². The molecule has 1 aliphatic rings. The first-order valence-electron chi connectivity index (χ1n) is 6.29. The topological polar surface area (TPSA) is 44.8 Å². The predicted octanol–water partition coefficient (Wildman–Crippen LogP) is 2.36. The SMILES string of the molecule is CCOC(=O)C(CC)C1(C)OCC(C)(C)CO1. The van der Waals surface area contributed by atoms with E-state index in [4.69, 9.17) is 14.2 Å². The molecule has 0 N–H and O–H groups in total. The van der Waals surface area contributed by atoms with E-state index in [0.29, 0.717) is 26.2 Å². The fourth-order valence-corrected chi connectivity index (χ4v) is 1.96. The zero-order chi connectivity index (χ0) is 13.1. The molecule has 1 atom stereocenters. The summed E-state index contributed by atoms with van der Waals surface area (Å²) in [6.45, 7) is 11.3. The molecule has 0 aromatic carbocycles. The summed E-state index contributed by atoms with van der Waals surface area (Å²) in [7, 11) is 0. The lowest BCUT2D eigenvalue weighted by molar-refractivity contribution is -0.311. The monoisotopic (exact) mass is 244 g/mol. The normalized spacial score (nSPS) is 24.1. The molecule has 1 unspecified atom stereocenters. The molecule has 1 fully saturated rings. The summed E-state index contributed by atoms with van der Waals surface area (Å²) < 4.78 is 16.6. The van der Waals surface area contributed by atoms with Gasteiger partial charge in [-0.25, -0.2) is 0 Å². The van der Waals surface area contributed by atoms with Gasteiger partial charge in [-0.15, -0.1) is 0 Å². The van der Waals surface area contributed by atoms with Gasteiger partial charge in [-0.2, -0.15) is 0 Å². The van der Waals surface area contributed by atoms with Crippen LogP contribution < -0.4 is 0 Å². The molecule has 1 aliphatic heterocycles. The minimum Gasteiger partial charge on any atom is -0.466 e. The zero-order valence-electron chi connectivity index (χ0n) is 11.5. The Balaban J connectivity index is 2.71. The molecular weight excluding hydrogens is 220 g/mol. The van der Waals surface area contributed by atoms with Gasteiger partial charge >= 0.3 is 5.97 Å². The predicted molar refractivity (Wildman–Crippen MR) is 64.5 cm³/mol. The van der Waals surface area contributed by atoms with Crippen LogP contribution in [0.15, 0.2) is 0 Å². The highest BCUT2D eigenvalue weighted by Gasteiger charge is 2.46. The molecule has 0 aromatic heterocycles. The van der Waals surface area contributed by atoms with Crippen molar-refractivity contribution in [2.75, 3.05) is 19.8 Å². The van der Waals surface area contributed by atoms with Gasteiger partial charge < -0.3 is 14.2 Å². The Labute approximate surface area is 104 Å². The molecule has 0 saturated carbocycles. The molecule has 0 radical (unpaired) electrons. The molecular formula is C13H24O4. The molecule has 0 aromatic rings. The van der Waals surface area contributed by atoms with Gasteiger partial charge in [-0.3, -0.25) is 4.79 Å². The molecule has 1 saturated heterocycles. The first-order valence-corrected chi connectivity index (χ1v) is 6.29. The number of esters is 1. The Bertz CT molecular complexity index is 263. The minimum absolute atomic E-state index is 0.00641. The lowest BCUT2D eigenvalue weighted by atomic mass is 9.91. The lowest BCUT2D eigenvalue weighted by Crippen LogP contribution is -2.52. The maximum Gasteiger partial charge on any atom is 0.314 e. The van der Waals surface area contributed by atoms with Crippen LogP contribution in [0.5, 0.6) is 0 Å². The molecule has 17 heavy (non-hydrogen) atoms. The Morgan fingerprint density at radius 3 is 2.18 bits per heavy atom. The third-order valence-electron chi connectivity index (χ3n) is 3.11. The smallest absolute Gasteiger partial charge is 0.314 e. The molecule has 0 spiro atoms. The van der Waals surface area contributed by atoms with Gasteiger partial charge in [0, 0.05) is 5.41 Å². The van der Waals surface area contributed by atoms with Gasteiger partial charge in [0.1, 0.15) is 5.92 Å². The van der Waals surface area contributed by atoms with Crippen LogP contribution in [0.3, 0.4) is 0 Å². The van der Waals surface area contributed by atoms with Crippen molar-refractivity contribution < 1.29 is 19.0 Å².